The van der Waals surface area contributed by atoms with Crippen LogP contribution in [0.25, 0.3) is 10.9 Å². The standard InChI is InChI=1S/C31H31N5O3/c37-30(10-6-1-2-7-17-36-18-20-38-21-19-36)34-25-13-16-29-28(22-25)31(33-23-32-29)35-24-11-14-27(15-12-24)39-26-8-4-3-5-9-26/h3-5,8-9,11-16,22-23H,1-2,7,17-21H2,(H,34,37)(H,32,33,35). The minimum atomic E-state index is -0.331. The van der Waals surface area contributed by atoms with Crippen LogP contribution in [-0.2, 0) is 9.53 Å². The van der Waals surface area contributed by atoms with Crippen molar-refractivity contribution in [3.8, 4) is 23.3 Å². The second-order valence-corrected chi connectivity index (χ2v) is 9.19. The largest absolute Gasteiger partial charge is 0.457 e. The summed E-state index contributed by atoms with van der Waals surface area (Å²) < 4.78 is 11.2. The van der Waals surface area contributed by atoms with Crippen molar-refractivity contribution < 1.29 is 14.3 Å². The molecule has 0 saturated carbocycles. The summed E-state index contributed by atoms with van der Waals surface area (Å²) in [5.41, 5.74) is 2.25. The van der Waals surface area contributed by atoms with E-state index in [2.05, 4.69) is 37.3 Å². The molecule has 1 amide bonds. The predicted molar refractivity (Wildman–Crippen MR) is 153 cm³/mol. The third kappa shape index (κ3) is 7.77. The molecular weight excluding hydrogens is 490 g/mol. The Morgan fingerprint density at radius 2 is 1.69 bits per heavy atom. The van der Waals surface area contributed by atoms with Crippen molar-refractivity contribution in [2.75, 3.05) is 43.5 Å². The molecule has 1 aliphatic rings. The van der Waals surface area contributed by atoms with Gasteiger partial charge in [-0.3, -0.25) is 9.69 Å². The SMILES string of the molecule is O=C(C#CCCCCN1CCOCC1)Nc1ccc2ncnc(Nc3ccc(Oc4ccccc4)cc3)c2c1. The molecule has 0 aliphatic carbocycles. The number of hydrogen-bond acceptors (Lipinski definition) is 7. The van der Waals surface area contributed by atoms with E-state index in [0.29, 0.717) is 17.9 Å². The molecule has 39 heavy (non-hydrogen) atoms. The fourth-order valence-corrected chi connectivity index (χ4v) is 4.28. The molecule has 1 aliphatic heterocycles. The zero-order valence-electron chi connectivity index (χ0n) is 21.7. The molecule has 8 nitrogen and oxygen atoms in total. The van der Waals surface area contributed by atoms with Crippen molar-refractivity contribution in [2.45, 2.75) is 19.3 Å². The average molecular weight is 522 g/mol. The molecule has 1 aromatic heterocycles. The minimum absolute atomic E-state index is 0.331. The lowest BCUT2D eigenvalue weighted by Gasteiger charge is -2.26. The van der Waals surface area contributed by atoms with Gasteiger partial charge in [-0.15, -0.1) is 0 Å². The second-order valence-electron chi connectivity index (χ2n) is 9.19. The number of carbonyl (C=O) groups excluding carboxylic acids is 1. The summed E-state index contributed by atoms with van der Waals surface area (Å²) in [6.45, 7) is 4.68. The number of benzene rings is 3. The number of nitrogens with one attached hydrogen (secondary N) is 2. The number of anilines is 3. The van der Waals surface area contributed by atoms with Crippen LogP contribution in [0.4, 0.5) is 17.2 Å². The zero-order valence-corrected chi connectivity index (χ0v) is 21.7. The molecule has 0 radical (unpaired) electrons. The summed E-state index contributed by atoms with van der Waals surface area (Å²) in [5.74, 6) is 7.52. The molecule has 1 saturated heterocycles. The Morgan fingerprint density at radius 3 is 2.51 bits per heavy atom. The molecule has 2 N–H and O–H groups in total. The highest BCUT2D eigenvalue weighted by Crippen LogP contribution is 2.28. The third-order valence-corrected chi connectivity index (χ3v) is 6.32. The number of rotatable bonds is 9. The van der Waals surface area contributed by atoms with Crippen molar-refractivity contribution in [1.82, 2.24) is 14.9 Å². The molecule has 5 rings (SSSR count). The van der Waals surface area contributed by atoms with Gasteiger partial charge in [0.1, 0.15) is 23.6 Å². The van der Waals surface area contributed by atoms with Gasteiger partial charge in [0.25, 0.3) is 5.91 Å². The van der Waals surface area contributed by atoms with Gasteiger partial charge in [0.2, 0.25) is 0 Å². The van der Waals surface area contributed by atoms with Gasteiger partial charge in [-0.05, 0) is 79.9 Å². The van der Waals surface area contributed by atoms with Crippen molar-refractivity contribution in [1.29, 1.82) is 0 Å². The number of hydrogen-bond donors (Lipinski definition) is 2. The number of morpholine rings is 1. The number of para-hydroxylation sites is 1. The van der Waals surface area contributed by atoms with Gasteiger partial charge >= 0.3 is 0 Å². The van der Waals surface area contributed by atoms with Crippen LogP contribution in [0.2, 0.25) is 0 Å². The Hall–Kier alpha value is -4.45. The Balaban J connectivity index is 1.16. The summed E-state index contributed by atoms with van der Waals surface area (Å²) >= 11 is 0. The Kier molecular flexibility index (Phi) is 8.98. The topological polar surface area (TPSA) is 88.6 Å². The normalized spacial score (nSPS) is 13.3. The summed E-state index contributed by atoms with van der Waals surface area (Å²) in [5, 5.41) is 6.99. The van der Waals surface area contributed by atoms with Gasteiger partial charge in [-0.1, -0.05) is 24.1 Å². The van der Waals surface area contributed by atoms with E-state index in [-0.39, 0.29) is 5.91 Å². The van der Waals surface area contributed by atoms with E-state index in [1.807, 2.05) is 72.8 Å². The Labute approximate surface area is 228 Å². The lowest BCUT2D eigenvalue weighted by Crippen LogP contribution is -2.36. The molecule has 2 heterocycles. The predicted octanol–water partition coefficient (Wildman–Crippen LogP) is 5.61. The number of amides is 1. The van der Waals surface area contributed by atoms with Crippen molar-refractivity contribution >= 4 is 34.0 Å². The van der Waals surface area contributed by atoms with Crippen LogP contribution in [0.15, 0.2) is 79.1 Å². The van der Waals surface area contributed by atoms with E-state index >= 15 is 0 Å². The molecule has 0 bridgehead atoms. The lowest BCUT2D eigenvalue weighted by atomic mass is 10.2. The third-order valence-electron chi connectivity index (χ3n) is 6.32. The highest BCUT2D eigenvalue weighted by molar-refractivity contribution is 6.05. The molecule has 198 valence electrons. The molecule has 3 aromatic carbocycles. The van der Waals surface area contributed by atoms with E-state index in [1.165, 1.54) is 6.33 Å². The number of nitrogens with zero attached hydrogens (tertiary/aromatic N) is 3. The van der Waals surface area contributed by atoms with E-state index in [0.717, 1.165) is 73.8 Å². The van der Waals surface area contributed by atoms with Crippen LogP contribution in [0.3, 0.4) is 0 Å². The zero-order chi connectivity index (χ0) is 26.7. The van der Waals surface area contributed by atoms with Gasteiger partial charge in [-0.25, -0.2) is 9.97 Å². The minimum Gasteiger partial charge on any atom is -0.457 e. The first-order valence-electron chi connectivity index (χ1n) is 13.2. The average Bonchev–Trinajstić information content (AvgIpc) is 2.97. The smallest absolute Gasteiger partial charge is 0.300 e. The maximum Gasteiger partial charge on any atom is 0.300 e. The van der Waals surface area contributed by atoms with Crippen LogP contribution in [0.1, 0.15) is 19.3 Å². The van der Waals surface area contributed by atoms with E-state index in [9.17, 15) is 4.79 Å². The van der Waals surface area contributed by atoms with Crippen LogP contribution in [-0.4, -0.2) is 53.6 Å². The summed E-state index contributed by atoms with van der Waals surface area (Å²) in [4.78, 5) is 23.6. The number of fused-ring (bicyclic) bond motifs is 1. The van der Waals surface area contributed by atoms with Crippen LogP contribution in [0.5, 0.6) is 11.5 Å². The quantitative estimate of drug-likeness (QED) is 0.219. The monoisotopic (exact) mass is 521 g/mol. The molecule has 0 unspecified atom stereocenters. The van der Waals surface area contributed by atoms with Gasteiger partial charge in [0.05, 0.1) is 18.7 Å². The van der Waals surface area contributed by atoms with Crippen molar-refractivity contribution in [3.05, 3.63) is 79.1 Å². The number of carbonyl (C=O) groups is 1. The van der Waals surface area contributed by atoms with E-state index in [4.69, 9.17) is 9.47 Å². The summed E-state index contributed by atoms with van der Waals surface area (Å²) in [7, 11) is 0. The summed E-state index contributed by atoms with van der Waals surface area (Å²) in [6, 6.07) is 22.8. The van der Waals surface area contributed by atoms with E-state index in [1.54, 1.807) is 0 Å². The van der Waals surface area contributed by atoms with Crippen molar-refractivity contribution in [3.63, 3.8) is 0 Å². The van der Waals surface area contributed by atoms with Crippen LogP contribution >= 0.6 is 0 Å². The highest BCUT2D eigenvalue weighted by atomic mass is 16.5. The second kappa shape index (κ2) is 13.4. The first kappa shape index (κ1) is 26.2. The number of ether oxygens (including phenoxy) is 2. The molecule has 0 atom stereocenters. The molecule has 0 spiro atoms. The fourth-order valence-electron chi connectivity index (χ4n) is 4.28. The maximum absolute atomic E-state index is 12.4. The molecular formula is C31H31N5O3. The maximum atomic E-state index is 12.4. The fraction of sp³-hybridized carbons (Fsp3) is 0.258. The van der Waals surface area contributed by atoms with Gasteiger partial charge in [0, 0.05) is 36.3 Å². The van der Waals surface area contributed by atoms with Gasteiger partial charge in [0.15, 0.2) is 0 Å². The number of aromatic nitrogens is 2. The van der Waals surface area contributed by atoms with E-state index < -0.39 is 0 Å². The first-order valence-corrected chi connectivity index (χ1v) is 13.2. The van der Waals surface area contributed by atoms with Crippen LogP contribution in [0, 0.1) is 11.8 Å². The first-order chi connectivity index (χ1) is 19.2. The summed E-state index contributed by atoms with van der Waals surface area (Å²) in [6.07, 6.45) is 4.26. The van der Waals surface area contributed by atoms with Crippen LogP contribution < -0.4 is 15.4 Å². The van der Waals surface area contributed by atoms with Gasteiger partial charge < -0.3 is 20.1 Å². The Morgan fingerprint density at radius 1 is 0.923 bits per heavy atom. The van der Waals surface area contributed by atoms with Crippen molar-refractivity contribution in [2.24, 2.45) is 0 Å². The molecule has 4 aromatic rings. The lowest BCUT2D eigenvalue weighted by molar-refractivity contribution is -0.111. The number of unbranched alkanes of at least 4 members (excludes halogenated alkanes) is 2. The Bertz CT molecular complexity index is 1440. The molecule has 8 heteroatoms. The highest BCUT2D eigenvalue weighted by Gasteiger charge is 2.09. The van der Waals surface area contributed by atoms with Gasteiger partial charge in [-0.2, -0.15) is 0 Å². The molecule has 1 fully saturated rings.